The molecule has 2 aliphatic heterocycles. The highest BCUT2D eigenvalue weighted by molar-refractivity contribution is 4.96. The van der Waals surface area contributed by atoms with Crippen LogP contribution in [0.5, 0.6) is 0 Å². The Labute approximate surface area is 99.6 Å². The van der Waals surface area contributed by atoms with Crippen molar-refractivity contribution in [3.8, 4) is 12.3 Å². The van der Waals surface area contributed by atoms with Gasteiger partial charge in [-0.3, -0.25) is 0 Å². The molecule has 2 N–H and O–H groups in total. The first kappa shape index (κ1) is 12.0. The van der Waals surface area contributed by atoms with Crippen LogP contribution in [0.2, 0.25) is 0 Å². The quantitative estimate of drug-likeness (QED) is 0.580. The van der Waals surface area contributed by atoms with Gasteiger partial charge in [0.1, 0.15) is 0 Å². The van der Waals surface area contributed by atoms with Gasteiger partial charge in [0, 0.05) is 24.5 Å². The van der Waals surface area contributed by atoms with Gasteiger partial charge in [0.05, 0.1) is 0 Å². The van der Waals surface area contributed by atoms with Crippen LogP contribution in [0.15, 0.2) is 0 Å². The number of hydrogen-bond donors (Lipinski definition) is 1. The lowest BCUT2D eigenvalue weighted by Crippen LogP contribution is -2.45. The largest absolute Gasteiger partial charge is 0.327 e. The van der Waals surface area contributed by atoms with E-state index in [4.69, 9.17) is 12.2 Å². The van der Waals surface area contributed by atoms with Gasteiger partial charge in [-0.25, -0.2) is 0 Å². The van der Waals surface area contributed by atoms with E-state index in [2.05, 4.69) is 17.9 Å². The van der Waals surface area contributed by atoms with E-state index < -0.39 is 0 Å². The third kappa shape index (κ3) is 2.42. The predicted octanol–water partition coefficient (Wildman–Crippen LogP) is 1.99. The molecule has 90 valence electrons. The molecule has 2 aliphatic rings. The molecule has 2 rings (SSSR count). The summed E-state index contributed by atoms with van der Waals surface area (Å²) in [5.74, 6) is 3.44. The summed E-state index contributed by atoms with van der Waals surface area (Å²) < 4.78 is 0. The number of unbranched alkanes of at least 4 members (excludes halogenated alkanes) is 1. The summed E-state index contributed by atoms with van der Waals surface area (Å²) in [6, 6.07) is 2.00. The lowest BCUT2D eigenvalue weighted by atomic mass is 9.83. The van der Waals surface area contributed by atoms with Gasteiger partial charge in [-0.05, 0) is 51.5 Å². The molecule has 2 bridgehead atoms. The fourth-order valence-corrected chi connectivity index (χ4v) is 3.48. The van der Waals surface area contributed by atoms with E-state index in [0.717, 1.165) is 37.3 Å². The van der Waals surface area contributed by atoms with Crippen LogP contribution in [0.4, 0.5) is 0 Å². The molecule has 0 saturated carbocycles. The molecule has 2 nitrogen and oxygen atoms in total. The smallest absolute Gasteiger partial charge is 0.00989 e. The fraction of sp³-hybridized carbons (Fsp3) is 0.857. The Morgan fingerprint density at radius 2 is 2.00 bits per heavy atom. The lowest BCUT2D eigenvalue weighted by Gasteiger charge is -2.38. The lowest BCUT2D eigenvalue weighted by molar-refractivity contribution is 0.118. The zero-order valence-corrected chi connectivity index (χ0v) is 10.4. The zero-order chi connectivity index (χ0) is 11.5. The SMILES string of the molecule is C#CCCCC(N)C1CC2CCC(C1)N2C. The Morgan fingerprint density at radius 3 is 2.56 bits per heavy atom. The van der Waals surface area contributed by atoms with Crippen LogP contribution in [-0.2, 0) is 0 Å². The summed E-state index contributed by atoms with van der Waals surface area (Å²) in [6.07, 6.45) is 13.7. The van der Waals surface area contributed by atoms with Gasteiger partial charge in [0.2, 0.25) is 0 Å². The van der Waals surface area contributed by atoms with E-state index in [1.54, 1.807) is 0 Å². The first-order chi connectivity index (χ1) is 7.72. The third-order valence-electron chi connectivity index (χ3n) is 4.60. The zero-order valence-electron chi connectivity index (χ0n) is 10.4. The second kappa shape index (κ2) is 5.21. The number of nitrogens with zero attached hydrogens (tertiary/aromatic N) is 1. The van der Waals surface area contributed by atoms with Crippen molar-refractivity contribution in [2.24, 2.45) is 11.7 Å². The van der Waals surface area contributed by atoms with E-state index in [-0.39, 0.29) is 0 Å². The van der Waals surface area contributed by atoms with Gasteiger partial charge in [-0.15, -0.1) is 12.3 Å². The second-order valence-corrected chi connectivity index (χ2v) is 5.54. The number of fused-ring (bicyclic) bond motifs is 2. The highest BCUT2D eigenvalue weighted by atomic mass is 15.2. The summed E-state index contributed by atoms with van der Waals surface area (Å²) in [4.78, 5) is 2.57. The molecule has 0 aromatic rings. The van der Waals surface area contributed by atoms with E-state index >= 15 is 0 Å². The van der Waals surface area contributed by atoms with Crippen molar-refractivity contribution < 1.29 is 0 Å². The van der Waals surface area contributed by atoms with Crippen molar-refractivity contribution >= 4 is 0 Å². The first-order valence-electron chi connectivity index (χ1n) is 6.63. The number of piperidine rings is 1. The molecule has 2 heterocycles. The standard InChI is InChI=1S/C14H24N2/c1-3-4-5-6-14(15)11-9-12-7-8-13(10-11)16(12)2/h1,11-14H,4-10,15H2,2H3. The molecular formula is C14H24N2. The molecule has 2 heteroatoms. The molecule has 0 spiro atoms. The van der Waals surface area contributed by atoms with E-state index in [1.807, 2.05) is 0 Å². The average molecular weight is 220 g/mol. The van der Waals surface area contributed by atoms with E-state index in [1.165, 1.54) is 25.7 Å². The maximum Gasteiger partial charge on any atom is 0.00989 e. The summed E-state index contributed by atoms with van der Waals surface area (Å²) in [5, 5.41) is 0. The molecule has 0 aliphatic carbocycles. The molecule has 0 aromatic carbocycles. The van der Waals surface area contributed by atoms with Crippen molar-refractivity contribution in [2.45, 2.75) is 63.1 Å². The van der Waals surface area contributed by atoms with Gasteiger partial charge in [-0.1, -0.05) is 0 Å². The van der Waals surface area contributed by atoms with Gasteiger partial charge in [0.25, 0.3) is 0 Å². The summed E-state index contributed by atoms with van der Waals surface area (Å²) in [5.41, 5.74) is 6.30. The molecule has 2 saturated heterocycles. The number of terminal acetylenes is 1. The average Bonchev–Trinajstić information content (AvgIpc) is 2.53. The van der Waals surface area contributed by atoms with E-state index in [9.17, 15) is 0 Å². The topological polar surface area (TPSA) is 29.3 Å². The fourth-order valence-electron chi connectivity index (χ4n) is 3.48. The number of hydrogen-bond acceptors (Lipinski definition) is 2. The van der Waals surface area contributed by atoms with Crippen molar-refractivity contribution in [1.29, 1.82) is 0 Å². The van der Waals surface area contributed by atoms with Crippen LogP contribution in [0.25, 0.3) is 0 Å². The van der Waals surface area contributed by atoms with Crippen LogP contribution in [-0.4, -0.2) is 30.1 Å². The highest BCUT2D eigenvalue weighted by Gasteiger charge is 2.39. The Bertz CT molecular complexity index is 254. The van der Waals surface area contributed by atoms with Crippen LogP contribution in [0.1, 0.15) is 44.9 Å². The number of rotatable bonds is 4. The molecule has 0 amide bonds. The number of nitrogens with two attached hydrogens (primary N) is 1. The first-order valence-corrected chi connectivity index (χ1v) is 6.63. The summed E-state index contributed by atoms with van der Waals surface area (Å²) >= 11 is 0. The van der Waals surface area contributed by atoms with Gasteiger partial charge in [-0.2, -0.15) is 0 Å². The van der Waals surface area contributed by atoms with E-state index in [0.29, 0.717) is 6.04 Å². The van der Waals surface area contributed by atoms with Crippen molar-refractivity contribution in [2.75, 3.05) is 7.05 Å². The van der Waals surface area contributed by atoms with Crippen LogP contribution in [0.3, 0.4) is 0 Å². The third-order valence-corrected chi connectivity index (χ3v) is 4.60. The Balaban J connectivity index is 1.81. The molecular weight excluding hydrogens is 196 g/mol. The minimum atomic E-state index is 0.380. The Morgan fingerprint density at radius 1 is 1.38 bits per heavy atom. The van der Waals surface area contributed by atoms with Crippen molar-refractivity contribution in [1.82, 2.24) is 4.90 Å². The molecule has 3 unspecified atom stereocenters. The molecule has 2 fully saturated rings. The van der Waals surface area contributed by atoms with Crippen LogP contribution < -0.4 is 5.73 Å². The Hall–Kier alpha value is -0.520. The minimum Gasteiger partial charge on any atom is -0.327 e. The van der Waals surface area contributed by atoms with Crippen molar-refractivity contribution in [3.05, 3.63) is 0 Å². The normalized spacial score (nSPS) is 35.9. The van der Waals surface area contributed by atoms with Crippen LogP contribution >= 0.6 is 0 Å². The monoisotopic (exact) mass is 220 g/mol. The molecule has 0 aromatic heterocycles. The highest BCUT2D eigenvalue weighted by Crippen LogP contribution is 2.38. The maximum atomic E-state index is 6.30. The molecule has 0 radical (unpaired) electrons. The second-order valence-electron chi connectivity index (χ2n) is 5.54. The molecule has 16 heavy (non-hydrogen) atoms. The maximum absolute atomic E-state index is 6.30. The van der Waals surface area contributed by atoms with Gasteiger partial charge < -0.3 is 10.6 Å². The Kier molecular flexibility index (Phi) is 3.89. The van der Waals surface area contributed by atoms with Gasteiger partial charge >= 0.3 is 0 Å². The summed E-state index contributed by atoms with van der Waals surface area (Å²) in [6.45, 7) is 0. The molecule has 3 atom stereocenters. The van der Waals surface area contributed by atoms with Crippen LogP contribution in [0, 0.1) is 18.3 Å². The predicted molar refractivity (Wildman–Crippen MR) is 68.0 cm³/mol. The summed E-state index contributed by atoms with van der Waals surface area (Å²) in [7, 11) is 2.28. The minimum absolute atomic E-state index is 0.380. The van der Waals surface area contributed by atoms with Gasteiger partial charge in [0.15, 0.2) is 0 Å². The van der Waals surface area contributed by atoms with Crippen molar-refractivity contribution in [3.63, 3.8) is 0 Å².